The van der Waals surface area contributed by atoms with Gasteiger partial charge in [-0.05, 0) is 6.07 Å². The molecule has 0 unspecified atom stereocenters. The maximum atomic E-state index is 14.0. The van der Waals surface area contributed by atoms with Crippen LogP contribution in [0.25, 0.3) is 0 Å². The van der Waals surface area contributed by atoms with E-state index in [0.717, 1.165) is 10.8 Å². The van der Waals surface area contributed by atoms with Gasteiger partial charge in [0.25, 0.3) is 0 Å². The molecule has 8 nitrogen and oxygen atoms in total. The molecule has 1 aliphatic rings. The van der Waals surface area contributed by atoms with E-state index in [4.69, 9.17) is 20.8 Å². The number of anilines is 1. The molecular weight excluding hydrogens is 259 g/mol. The lowest BCUT2D eigenvalue weighted by molar-refractivity contribution is -0.0935. The maximum absolute atomic E-state index is 14.0. The largest absolute Gasteiger partial charge is 0.392 e. The first-order chi connectivity index (χ1) is 8.95. The molecule has 0 spiro atoms. The van der Waals surface area contributed by atoms with Gasteiger partial charge in [0.05, 0.1) is 6.61 Å². The number of hydrogen-bond donors (Lipinski definition) is 3. The predicted octanol–water partition coefficient (Wildman–Crippen LogP) is -1.69. The quantitative estimate of drug-likeness (QED) is 0.583. The van der Waals surface area contributed by atoms with E-state index >= 15 is 0 Å². The van der Waals surface area contributed by atoms with Crippen molar-refractivity contribution in [1.82, 2.24) is 9.55 Å². The minimum absolute atomic E-state index is 0.0519. The number of halogens is 1. The summed E-state index contributed by atoms with van der Waals surface area (Å²) in [5, 5.41) is 27.6. The molecule has 4 N–H and O–H groups in total. The van der Waals surface area contributed by atoms with Gasteiger partial charge in [-0.3, -0.25) is 4.57 Å². The molecule has 102 valence electrons. The Bertz CT molecular complexity index is 586. The standard InChI is InChI=1S/C10H11FN4O4/c11-6-7(17)10(3-12,4-16)19-8(6)15-2-1-5(13)14-9(15)18/h1-2,6-8,16-17H,4H2,(H2,13,14,18)/t6-,7+,8-,10-/m1/s1. The summed E-state index contributed by atoms with van der Waals surface area (Å²) in [5.74, 6) is -0.0519. The highest BCUT2D eigenvalue weighted by Crippen LogP contribution is 2.37. The van der Waals surface area contributed by atoms with Crippen molar-refractivity contribution in [3.63, 3.8) is 0 Å². The molecule has 1 saturated heterocycles. The summed E-state index contributed by atoms with van der Waals surface area (Å²) < 4.78 is 19.7. The van der Waals surface area contributed by atoms with Gasteiger partial charge in [0.2, 0.25) is 5.60 Å². The molecule has 1 aliphatic heterocycles. The minimum Gasteiger partial charge on any atom is -0.392 e. The van der Waals surface area contributed by atoms with Crippen molar-refractivity contribution in [3.05, 3.63) is 22.7 Å². The van der Waals surface area contributed by atoms with Gasteiger partial charge in [-0.1, -0.05) is 0 Å². The zero-order chi connectivity index (χ0) is 14.2. The first-order valence-electron chi connectivity index (χ1n) is 5.32. The Morgan fingerprint density at radius 2 is 2.42 bits per heavy atom. The van der Waals surface area contributed by atoms with Crippen LogP contribution in [0.4, 0.5) is 10.2 Å². The molecule has 1 aromatic rings. The van der Waals surface area contributed by atoms with Crippen LogP contribution in [0.2, 0.25) is 0 Å². The molecule has 9 heteroatoms. The fraction of sp³-hybridized carbons (Fsp3) is 0.500. The molecule has 19 heavy (non-hydrogen) atoms. The third-order valence-corrected chi connectivity index (χ3v) is 2.93. The number of ether oxygens (including phenoxy) is 1. The number of aliphatic hydroxyl groups excluding tert-OH is 2. The lowest BCUT2D eigenvalue weighted by Gasteiger charge is -2.21. The molecular formula is C10H11FN4O4. The normalized spacial score (nSPS) is 34.1. The Kier molecular flexibility index (Phi) is 3.23. The first kappa shape index (κ1) is 13.4. The number of aromatic nitrogens is 2. The molecule has 4 atom stereocenters. The van der Waals surface area contributed by atoms with Crippen LogP contribution in [0, 0.1) is 11.3 Å². The average Bonchev–Trinajstić information content (AvgIpc) is 2.64. The number of nitrogens with two attached hydrogens (primary N) is 1. The van der Waals surface area contributed by atoms with Crippen LogP contribution in [0.3, 0.4) is 0 Å². The van der Waals surface area contributed by atoms with Crippen LogP contribution in [0.15, 0.2) is 17.1 Å². The van der Waals surface area contributed by atoms with E-state index < -0.39 is 36.4 Å². The highest BCUT2D eigenvalue weighted by molar-refractivity contribution is 5.24. The lowest BCUT2D eigenvalue weighted by atomic mass is 9.99. The summed E-state index contributed by atoms with van der Waals surface area (Å²) >= 11 is 0. The zero-order valence-electron chi connectivity index (χ0n) is 9.60. The second-order valence-corrected chi connectivity index (χ2v) is 4.10. The van der Waals surface area contributed by atoms with Crippen molar-refractivity contribution in [2.45, 2.75) is 24.1 Å². The molecule has 0 amide bonds. The van der Waals surface area contributed by atoms with Gasteiger partial charge >= 0.3 is 5.69 Å². The Hall–Kier alpha value is -2.02. The van der Waals surface area contributed by atoms with Crippen LogP contribution in [-0.2, 0) is 4.74 Å². The van der Waals surface area contributed by atoms with Gasteiger partial charge in [0, 0.05) is 6.20 Å². The van der Waals surface area contributed by atoms with Gasteiger partial charge in [0.15, 0.2) is 12.4 Å². The van der Waals surface area contributed by atoms with Crippen LogP contribution in [-0.4, -0.2) is 44.2 Å². The smallest absolute Gasteiger partial charge is 0.351 e. The summed E-state index contributed by atoms with van der Waals surface area (Å²) in [6.45, 7) is -0.904. The van der Waals surface area contributed by atoms with Gasteiger partial charge in [-0.15, -0.1) is 0 Å². The van der Waals surface area contributed by atoms with Crippen molar-refractivity contribution in [2.75, 3.05) is 12.3 Å². The molecule has 0 radical (unpaired) electrons. The third-order valence-electron chi connectivity index (χ3n) is 2.93. The molecule has 0 bridgehead atoms. The van der Waals surface area contributed by atoms with Crippen molar-refractivity contribution in [1.29, 1.82) is 5.26 Å². The Morgan fingerprint density at radius 1 is 1.74 bits per heavy atom. The summed E-state index contributed by atoms with van der Waals surface area (Å²) in [7, 11) is 0. The maximum Gasteiger partial charge on any atom is 0.351 e. The van der Waals surface area contributed by atoms with Gasteiger partial charge in [-0.2, -0.15) is 10.2 Å². The average molecular weight is 270 g/mol. The van der Waals surface area contributed by atoms with Crippen LogP contribution in [0.1, 0.15) is 6.23 Å². The fourth-order valence-electron chi connectivity index (χ4n) is 1.85. The summed E-state index contributed by atoms with van der Waals surface area (Å²) in [5.41, 5.74) is 2.30. The van der Waals surface area contributed by atoms with E-state index in [-0.39, 0.29) is 5.82 Å². The number of alkyl halides is 1. The first-order valence-corrected chi connectivity index (χ1v) is 5.32. The summed E-state index contributed by atoms with van der Waals surface area (Å²) in [6.07, 6.45) is -4.35. The molecule has 2 heterocycles. The topological polar surface area (TPSA) is 134 Å². The van der Waals surface area contributed by atoms with Gasteiger partial charge in [0.1, 0.15) is 18.0 Å². The Morgan fingerprint density at radius 3 is 2.89 bits per heavy atom. The molecule has 0 aliphatic carbocycles. The second-order valence-electron chi connectivity index (χ2n) is 4.10. The molecule has 1 fully saturated rings. The van der Waals surface area contributed by atoms with Gasteiger partial charge < -0.3 is 20.7 Å². The van der Waals surface area contributed by atoms with Crippen LogP contribution in [0.5, 0.6) is 0 Å². The second kappa shape index (κ2) is 4.58. The van der Waals surface area contributed by atoms with Crippen molar-refractivity contribution in [3.8, 4) is 6.07 Å². The molecule has 1 aromatic heterocycles. The third kappa shape index (κ3) is 1.95. The number of nitriles is 1. The summed E-state index contributed by atoms with van der Waals surface area (Å²) in [4.78, 5) is 15.0. The van der Waals surface area contributed by atoms with E-state index in [1.54, 1.807) is 0 Å². The van der Waals surface area contributed by atoms with E-state index in [2.05, 4.69) is 4.98 Å². The highest BCUT2D eigenvalue weighted by Gasteiger charge is 2.56. The monoisotopic (exact) mass is 270 g/mol. The number of nitrogen functional groups attached to an aromatic ring is 1. The summed E-state index contributed by atoms with van der Waals surface area (Å²) in [6, 6.07) is 2.76. The van der Waals surface area contributed by atoms with Crippen LogP contribution < -0.4 is 11.4 Å². The number of rotatable bonds is 2. The number of nitrogens with zero attached hydrogens (tertiary/aromatic N) is 3. The van der Waals surface area contributed by atoms with E-state index in [1.165, 1.54) is 12.1 Å². The fourth-order valence-corrected chi connectivity index (χ4v) is 1.85. The molecule has 0 aromatic carbocycles. The van der Waals surface area contributed by atoms with Gasteiger partial charge in [-0.25, -0.2) is 9.18 Å². The lowest BCUT2D eigenvalue weighted by Crippen LogP contribution is -2.44. The molecule has 0 saturated carbocycles. The zero-order valence-corrected chi connectivity index (χ0v) is 9.60. The number of hydrogen-bond acceptors (Lipinski definition) is 7. The minimum atomic E-state index is -2.11. The van der Waals surface area contributed by atoms with E-state index in [9.17, 15) is 14.3 Å². The number of aliphatic hydroxyl groups is 2. The highest BCUT2D eigenvalue weighted by atomic mass is 19.1. The Labute approximate surface area is 106 Å². The predicted molar refractivity (Wildman–Crippen MR) is 59.4 cm³/mol. The van der Waals surface area contributed by atoms with E-state index in [0.29, 0.717) is 0 Å². The van der Waals surface area contributed by atoms with Crippen molar-refractivity contribution >= 4 is 5.82 Å². The van der Waals surface area contributed by atoms with E-state index in [1.807, 2.05) is 0 Å². The Balaban J connectivity index is 2.43. The van der Waals surface area contributed by atoms with Crippen molar-refractivity contribution < 1.29 is 19.3 Å². The SMILES string of the molecule is N#C[C@]1(CO)O[C@@H](n2ccc(N)nc2=O)[C@H](F)[C@@H]1O. The van der Waals surface area contributed by atoms with Crippen LogP contribution >= 0.6 is 0 Å². The van der Waals surface area contributed by atoms with Crippen molar-refractivity contribution in [2.24, 2.45) is 0 Å². The molecule has 2 rings (SSSR count).